The highest BCUT2D eigenvalue weighted by atomic mass is 32.1. The van der Waals surface area contributed by atoms with Crippen LogP contribution in [0.5, 0.6) is 11.5 Å². The lowest BCUT2D eigenvalue weighted by Gasteiger charge is -2.11. The van der Waals surface area contributed by atoms with Crippen LogP contribution >= 0.6 is 11.3 Å². The van der Waals surface area contributed by atoms with E-state index in [0.717, 1.165) is 32.8 Å². The largest absolute Gasteiger partial charge is 0.497 e. The second-order valence-corrected chi connectivity index (χ2v) is 6.92. The Morgan fingerprint density at radius 1 is 1.15 bits per heavy atom. The van der Waals surface area contributed by atoms with Gasteiger partial charge in [0, 0.05) is 40.4 Å². The molecule has 0 bridgehead atoms. The van der Waals surface area contributed by atoms with Gasteiger partial charge in [-0.15, -0.1) is 11.3 Å². The Kier molecular flexibility index (Phi) is 4.89. The number of aromatic nitrogens is 2. The molecule has 3 heterocycles. The molecule has 6 heteroatoms. The maximum atomic E-state index is 12.2. The summed E-state index contributed by atoms with van der Waals surface area (Å²) in [5.41, 5.74) is 1.80. The van der Waals surface area contributed by atoms with Gasteiger partial charge in [0.15, 0.2) is 0 Å². The van der Waals surface area contributed by atoms with E-state index >= 15 is 0 Å². The molecule has 0 aliphatic rings. The standard InChI is InChI=1S/C21H18N2O3S/c1-25-16-5-6-17-18(13-16)22-9-8-19(17)26-11-10-23-14-15(4-7-21(23)24)20-3-2-12-27-20/h2-9,12-14H,10-11H2,1H3. The molecule has 136 valence electrons. The van der Waals surface area contributed by atoms with E-state index < -0.39 is 0 Å². The summed E-state index contributed by atoms with van der Waals surface area (Å²) >= 11 is 1.65. The Hall–Kier alpha value is -3.12. The van der Waals surface area contributed by atoms with Gasteiger partial charge in [-0.2, -0.15) is 0 Å². The van der Waals surface area contributed by atoms with Gasteiger partial charge in [-0.3, -0.25) is 9.78 Å². The highest BCUT2D eigenvalue weighted by molar-refractivity contribution is 7.13. The minimum absolute atomic E-state index is 0.0387. The van der Waals surface area contributed by atoms with Crippen molar-refractivity contribution < 1.29 is 9.47 Å². The number of ether oxygens (including phenoxy) is 2. The van der Waals surface area contributed by atoms with Crippen LogP contribution in [0.3, 0.4) is 0 Å². The predicted octanol–water partition coefficient (Wildman–Crippen LogP) is 4.21. The molecule has 0 atom stereocenters. The van der Waals surface area contributed by atoms with E-state index in [1.807, 2.05) is 54.0 Å². The summed E-state index contributed by atoms with van der Waals surface area (Å²) in [5.74, 6) is 1.49. The van der Waals surface area contributed by atoms with Crippen LogP contribution in [0.1, 0.15) is 0 Å². The van der Waals surface area contributed by atoms with Crippen molar-refractivity contribution in [2.75, 3.05) is 13.7 Å². The lowest BCUT2D eigenvalue weighted by molar-refractivity contribution is 0.299. The molecule has 4 rings (SSSR count). The summed E-state index contributed by atoms with van der Waals surface area (Å²) in [4.78, 5) is 17.6. The minimum Gasteiger partial charge on any atom is -0.497 e. The summed E-state index contributed by atoms with van der Waals surface area (Å²) < 4.78 is 12.9. The molecule has 0 N–H and O–H groups in total. The number of hydrogen-bond acceptors (Lipinski definition) is 5. The fourth-order valence-electron chi connectivity index (χ4n) is 2.90. The van der Waals surface area contributed by atoms with Crippen molar-refractivity contribution in [3.8, 4) is 21.9 Å². The first-order valence-corrected chi connectivity index (χ1v) is 9.42. The van der Waals surface area contributed by atoms with E-state index in [9.17, 15) is 4.79 Å². The van der Waals surface area contributed by atoms with Gasteiger partial charge in [0.2, 0.25) is 0 Å². The molecule has 0 spiro atoms. The normalized spacial score (nSPS) is 10.9. The quantitative estimate of drug-likeness (QED) is 0.504. The molecule has 0 aliphatic heterocycles. The topological polar surface area (TPSA) is 53.4 Å². The maximum absolute atomic E-state index is 12.2. The summed E-state index contributed by atoms with van der Waals surface area (Å²) in [6.07, 6.45) is 3.59. The number of benzene rings is 1. The second kappa shape index (κ2) is 7.63. The second-order valence-electron chi connectivity index (χ2n) is 5.97. The first-order valence-electron chi connectivity index (χ1n) is 8.54. The average molecular weight is 378 g/mol. The Labute approximate surface area is 160 Å². The van der Waals surface area contributed by atoms with Crippen molar-refractivity contribution in [2.24, 2.45) is 0 Å². The first kappa shape index (κ1) is 17.3. The van der Waals surface area contributed by atoms with Crippen LogP contribution in [-0.2, 0) is 6.54 Å². The third-order valence-corrected chi connectivity index (χ3v) is 5.21. The van der Waals surface area contributed by atoms with E-state index in [2.05, 4.69) is 4.98 Å². The Morgan fingerprint density at radius 3 is 2.89 bits per heavy atom. The molecule has 0 amide bonds. The lowest BCUT2D eigenvalue weighted by Crippen LogP contribution is -2.21. The van der Waals surface area contributed by atoms with Gasteiger partial charge in [0.25, 0.3) is 5.56 Å². The molecular formula is C21H18N2O3S. The van der Waals surface area contributed by atoms with Gasteiger partial charge >= 0.3 is 0 Å². The third-order valence-electron chi connectivity index (χ3n) is 4.29. The SMILES string of the molecule is COc1ccc2c(OCCn3cc(-c4cccs4)ccc3=O)ccnc2c1. The lowest BCUT2D eigenvalue weighted by atomic mass is 10.2. The predicted molar refractivity (Wildman–Crippen MR) is 108 cm³/mol. The zero-order chi connectivity index (χ0) is 18.6. The van der Waals surface area contributed by atoms with Crippen LogP contribution in [0.25, 0.3) is 21.3 Å². The number of fused-ring (bicyclic) bond motifs is 1. The van der Waals surface area contributed by atoms with Crippen LogP contribution in [0.2, 0.25) is 0 Å². The molecule has 0 aliphatic carbocycles. The van der Waals surface area contributed by atoms with Gasteiger partial charge in [-0.1, -0.05) is 6.07 Å². The number of methoxy groups -OCH3 is 1. The molecule has 4 aromatic rings. The van der Waals surface area contributed by atoms with Crippen LogP contribution < -0.4 is 15.0 Å². The molecule has 0 saturated heterocycles. The molecule has 0 saturated carbocycles. The van der Waals surface area contributed by atoms with Crippen molar-refractivity contribution in [3.63, 3.8) is 0 Å². The van der Waals surface area contributed by atoms with Gasteiger partial charge < -0.3 is 14.0 Å². The van der Waals surface area contributed by atoms with Crippen LogP contribution in [0, 0.1) is 0 Å². The summed E-state index contributed by atoms with van der Waals surface area (Å²) in [7, 11) is 1.63. The van der Waals surface area contributed by atoms with E-state index in [0.29, 0.717) is 13.2 Å². The number of nitrogens with zero attached hydrogens (tertiary/aromatic N) is 2. The minimum atomic E-state index is -0.0387. The molecule has 0 fully saturated rings. The molecule has 3 aromatic heterocycles. The molecule has 0 unspecified atom stereocenters. The molecule has 27 heavy (non-hydrogen) atoms. The van der Waals surface area contributed by atoms with Crippen molar-refractivity contribution >= 4 is 22.2 Å². The van der Waals surface area contributed by atoms with Crippen LogP contribution in [0.4, 0.5) is 0 Å². The maximum Gasteiger partial charge on any atom is 0.250 e. The number of hydrogen-bond donors (Lipinski definition) is 0. The molecule has 1 aromatic carbocycles. The molecular weight excluding hydrogens is 360 g/mol. The summed E-state index contributed by atoms with van der Waals surface area (Å²) in [5, 5.41) is 2.94. The summed E-state index contributed by atoms with van der Waals surface area (Å²) in [6.45, 7) is 0.858. The van der Waals surface area contributed by atoms with Gasteiger partial charge in [-0.05, 0) is 35.7 Å². The monoisotopic (exact) mass is 378 g/mol. The fraction of sp³-hybridized carbons (Fsp3) is 0.143. The van der Waals surface area contributed by atoms with Gasteiger partial charge in [-0.25, -0.2) is 0 Å². The van der Waals surface area contributed by atoms with E-state index in [1.165, 1.54) is 0 Å². The molecule has 5 nitrogen and oxygen atoms in total. The van der Waals surface area contributed by atoms with E-state index in [1.54, 1.807) is 35.3 Å². The van der Waals surface area contributed by atoms with E-state index in [4.69, 9.17) is 9.47 Å². The van der Waals surface area contributed by atoms with Crippen molar-refractivity contribution in [2.45, 2.75) is 6.54 Å². The van der Waals surface area contributed by atoms with Crippen molar-refractivity contribution in [3.05, 3.63) is 76.7 Å². The first-order chi connectivity index (χ1) is 13.2. The highest BCUT2D eigenvalue weighted by Crippen LogP contribution is 2.27. The van der Waals surface area contributed by atoms with Gasteiger partial charge in [0.1, 0.15) is 18.1 Å². The van der Waals surface area contributed by atoms with E-state index in [-0.39, 0.29) is 5.56 Å². The zero-order valence-electron chi connectivity index (χ0n) is 14.8. The Bertz CT molecular complexity index is 1120. The average Bonchev–Trinajstić information content (AvgIpc) is 3.24. The van der Waals surface area contributed by atoms with Crippen LogP contribution in [0.15, 0.2) is 71.1 Å². The third kappa shape index (κ3) is 3.71. The number of thiophene rings is 1. The number of rotatable bonds is 6. The fourth-order valence-corrected chi connectivity index (χ4v) is 3.62. The summed E-state index contributed by atoms with van der Waals surface area (Å²) in [6, 6.07) is 15.0. The number of pyridine rings is 2. The highest BCUT2D eigenvalue weighted by Gasteiger charge is 2.06. The Morgan fingerprint density at radius 2 is 2.07 bits per heavy atom. The Balaban J connectivity index is 1.51. The molecule has 0 radical (unpaired) electrons. The van der Waals surface area contributed by atoms with Gasteiger partial charge in [0.05, 0.1) is 19.2 Å². The smallest absolute Gasteiger partial charge is 0.250 e. The van der Waals surface area contributed by atoms with Crippen molar-refractivity contribution in [1.29, 1.82) is 0 Å². The van der Waals surface area contributed by atoms with Crippen molar-refractivity contribution in [1.82, 2.24) is 9.55 Å². The van der Waals surface area contributed by atoms with Crippen LogP contribution in [-0.4, -0.2) is 23.3 Å². The zero-order valence-corrected chi connectivity index (χ0v) is 15.6.